The molecule has 2 aromatic rings. The minimum atomic E-state index is -0.292. The molecule has 0 bridgehead atoms. The number of hydrogen-bond acceptors (Lipinski definition) is 3. The van der Waals surface area contributed by atoms with E-state index in [9.17, 15) is 14.7 Å². The number of pyridine rings is 1. The third kappa shape index (κ3) is 3.20. The SMILES string of the molecule is Cc1cc(O)cc(=O)n1CCC(=O)N[C@@H]1c2ccccc2C[C@@H]1C. The minimum absolute atomic E-state index is 0.0336. The molecule has 1 aliphatic carbocycles. The van der Waals surface area contributed by atoms with E-state index >= 15 is 0 Å². The first-order chi connectivity index (χ1) is 11.5. The van der Waals surface area contributed by atoms with E-state index in [1.807, 2.05) is 12.1 Å². The van der Waals surface area contributed by atoms with Crippen molar-refractivity contribution in [3.8, 4) is 5.75 Å². The molecule has 1 heterocycles. The van der Waals surface area contributed by atoms with E-state index in [0.29, 0.717) is 18.2 Å². The summed E-state index contributed by atoms with van der Waals surface area (Å²) in [5.41, 5.74) is 2.84. The van der Waals surface area contributed by atoms with Gasteiger partial charge in [0.25, 0.3) is 5.56 Å². The highest BCUT2D eigenvalue weighted by molar-refractivity contribution is 5.76. The zero-order valence-corrected chi connectivity index (χ0v) is 14.0. The van der Waals surface area contributed by atoms with Crippen LogP contribution in [0.25, 0.3) is 0 Å². The molecule has 5 nitrogen and oxygen atoms in total. The molecule has 24 heavy (non-hydrogen) atoms. The van der Waals surface area contributed by atoms with Crippen molar-refractivity contribution >= 4 is 5.91 Å². The number of carbonyl (C=O) groups is 1. The Bertz CT molecular complexity index is 826. The average Bonchev–Trinajstić information content (AvgIpc) is 2.82. The third-order valence-corrected chi connectivity index (χ3v) is 4.70. The Labute approximate surface area is 140 Å². The van der Waals surface area contributed by atoms with Crippen LogP contribution in [-0.4, -0.2) is 15.6 Å². The third-order valence-electron chi connectivity index (χ3n) is 4.70. The van der Waals surface area contributed by atoms with Gasteiger partial charge in [-0.05, 0) is 36.5 Å². The second-order valence-electron chi connectivity index (χ2n) is 6.52. The van der Waals surface area contributed by atoms with Gasteiger partial charge < -0.3 is 15.0 Å². The minimum Gasteiger partial charge on any atom is -0.508 e. The van der Waals surface area contributed by atoms with Crippen LogP contribution in [0.4, 0.5) is 0 Å². The van der Waals surface area contributed by atoms with Gasteiger partial charge in [0, 0.05) is 24.7 Å². The van der Waals surface area contributed by atoms with Crippen LogP contribution in [0.2, 0.25) is 0 Å². The lowest BCUT2D eigenvalue weighted by Gasteiger charge is -2.19. The Kier molecular flexibility index (Phi) is 4.42. The van der Waals surface area contributed by atoms with Gasteiger partial charge >= 0.3 is 0 Å². The second-order valence-corrected chi connectivity index (χ2v) is 6.52. The molecule has 0 radical (unpaired) electrons. The maximum absolute atomic E-state index is 12.3. The van der Waals surface area contributed by atoms with E-state index in [1.54, 1.807) is 6.92 Å². The first kappa shape index (κ1) is 16.3. The highest BCUT2D eigenvalue weighted by Crippen LogP contribution is 2.35. The lowest BCUT2D eigenvalue weighted by atomic mass is 10.0. The maximum Gasteiger partial charge on any atom is 0.254 e. The molecule has 1 aromatic carbocycles. The standard InChI is InChI=1S/C19H22N2O3/c1-12-9-14-5-3-4-6-16(14)19(12)20-17(23)7-8-21-13(2)10-15(22)11-18(21)24/h3-6,10-12,19,22H,7-9H2,1-2H3,(H,20,23)/t12-,19-/m0/s1. The number of rotatable bonds is 4. The van der Waals surface area contributed by atoms with Crippen LogP contribution in [0.1, 0.15) is 36.2 Å². The summed E-state index contributed by atoms with van der Waals surface area (Å²) in [5, 5.41) is 12.5. The number of carbonyl (C=O) groups excluding carboxylic acids is 1. The number of nitrogens with one attached hydrogen (secondary N) is 1. The first-order valence-corrected chi connectivity index (χ1v) is 8.23. The monoisotopic (exact) mass is 326 g/mol. The van der Waals surface area contributed by atoms with Gasteiger partial charge in [0.1, 0.15) is 5.75 Å². The number of amides is 1. The largest absolute Gasteiger partial charge is 0.508 e. The maximum atomic E-state index is 12.3. The van der Waals surface area contributed by atoms with Crippen LogP contribution in [0.3, 0.4) is 0 Å². The summed E-state index contributed by atoms with van der Waals surface area (Å²) in [4.78, 5) is 24.2. The fourth-order valence-electron chi connectivity index (χ4n) is 3.47. The molecule has 2 atom stereocenters. The normalized spacial score (nSPS) is 19.1. The van der Waals surface area contributed by atoms with Crippen molar-refractivity contribution in [2.24, 2.45) is 5.92 Å². The van der Waals surface area contributed by atoms with Crippen molar-refractivity contribution in [3.63, 3.8) is 0 Å². The zero-order valence-electron chi connectivity index (χ0n) is 14.0. The van der Waals surface area contributed by atoms with Crippen LogP contribution < -0.4 is 10.9 Å². The Morgan fingerprint density at radius 2 is 2.08 bits per heavy atom. The number of aromatic nitrogens is 1. The van der Waals surface area contributed by atoms with Crippen LogP contribution in [0, 0.1) is 12.8 Å². The van der Waals surface area contributed by atoms with Gasteiger partial charge in [-0.25, -0.2) is 0 Å². The van der Waals surface area contributed by atoms with Crippen molar-refractivity contribution in [1.82, 2.24) is 9.88 Å². The predicted molar refractivity (Wildman–Crippen MR) is 91.9 cm³/mol. The molecule has 1 amide bonds. The molecule has 3 rings (SSSR count). The van der Waals surface area contributed by atoms with Crippen LogP contribution in [0.5, 0.6) is 5.75 Å². The van der Waals surface area contributed by atoms with E-state index in [0.717, 1.165) is 6.42 Å². The second kappa shape index (κ2) is 6.51. The first-order valence-electron chi connectivity index (χ1n) is 8.23. The summed E-state index contributed by atoms with van der Waals surface area (Å²) >= 11 is 0. The topological polar surface area (TPSA) is 71.3 Å². The Balaban J connectivity index is 1.66. The number of benzene rings is 1. The molecule has 0 unspecified atom stereocenters. The highest BCUT2D eigenvalue weighted by Gasteiger charge is 2.29. The van der Waals surface area contributed by atoms with Crippen LogP contribution >= 0.6 is 0 Å². The Morgan fingerprint density at radius 1 is 1.33 bits per heavy atom. The molecule has 1 aliphatic rings. The molecule has 0 saturated heterocycles. The van der Waals surface area contributed by atoms with Crippen molar-refractivity contribution in [1.29, 1.82) is 0 Å². The van der Waals surface area contributed by atoms with Crippen molar-refractivity contribution < 1.29 is 9.90 Å². The Hall–Kier alpha value is -2.56. The summed E-state index contributed by atoms with van der Waals surface area (Å²) in [6.07, 6.45) is 1.20. The van der Waals surface area contributed by atoms with Crippen molar-refractivity contribution in [3.05, 3.63) is 63.6 Å². The van der Waals surface area contributed by atoms with E-state index in [2.05, 4.69) is 24.4 Å². The quantitative estimate of drug-likeness (QED) is 0.905. The van der Waals surface area contributed by atoms with E-state index in [-0.39, 0.29) is 29.7 Å². The van der Waals surface area contributed by atoms with Crippen molar-refractivity contribution in [2.75, 3.05) is 0 Å². The summed E-state index contributed by atoms with van der Waals surface area (Å²) in [6.45, 7) is 4.19. The van der Waals surface area contributed by atoms with Gasteiger partial charge in [-0.15, -0.1) is 0 Å². The number of hydrogen-bond donors (Lipinski definition) is 2. The summed E-state index contributed by atoms with van der Waals surface area (Å²) < 4.78 is 1.51. The van der Waals surface area contributed by atoms with Crippen LogP contribution in [-0.2, 0) is 17.8 Å². The predicted octanol–water partition coefficient (Wildman–Crippen LogP) is 2.30. The number of aromatic hydroxyl groups is 1. The average molecular weight is 326 g/mol. The van der Waals surface area contributed by atoms with Gasteiger partial charge in [0.05, 0.1) is 6.04 Å². The Morgan fingerprint density at radius 3 is 2.83 bits per heavy atom. The van der Waals surface area contributed by atoms with Gasteiger partial charge in [-0.3, -0.25) is 9.59 Å². The highest BCUT2D eigenvalue weighted by atomic mass is 16.3. The van der Waals surface area contributed by atoms with Crippen molar-refractivity contribution in [2.45, 2.75) is 39.3 Å². The van der Waals surface area contributed by atoms with E-state index in [1.165, 1.54) is 27.8 Å². The molecule has 0 fully saturated rings. The van der Waals surface area contributed by atoms with Gasteiger partial charge in [-0.2, -0.15) is 0 Å². The van der Waals surface area contributed by atoms with Crippen LogP contribution in [0.15, 0.2) is 41.2 Å². The summed E-state index contributed by atoms with van der Waals surface area (Å²) in [6, 6.07) is 10.9. The van der Waals surface area contributed by atoms with E-state index < -0.39 is 0 Å². The summed E-state index contributed by atoms with van der Waals surface area (Å²) in [5.74, 6) is 0.252. The number of fused-ring (bicyclic) bond motifs is 1. The summed E-state index contributed by atoms with van der Waals surface area (Å²) in [7, 11) is 0. The molecular weight excluding hydrogens is 304 g/mol. The smallest absolute Gasteiger partial charge is 0.254 e. The molecular formula is C19H22N2O3. The molecule has 0 spiro atoms. The van der Waals surface area contributed by atoms with Gasteiger partial charge in [0.2, 0.25) is 5.91 Å². The van der Waals surface area contributed by atoms with E-state index in [4.69, 9.17) is 0 Å². The number of nitrogens with zero attached hydrogens (tertiary/aromatic N) is 1. The zero-order chi connectivity index (χ0) is 17.3. The molecule has 0 aliphatic heterocycles. The molecule has 2 N–H and O–H groups in total. The van der Waals surface area contributed by atoms with Gasteiger partial charge in [-0.1, -0.05) is 31.2 Å². The lowest BCUT2D eigenvalue weighted by molar-refractivity contribution is -0.122. The lowest BCUT2D eigenvalue weighted by Crippen LogP contribution is -2.32. The fourth-order valence-corrected chi connectivity index (χ4v) is 3.47. The fraction of sp³-hybridized carbons (Fsp3) is 0.368. The molecule has 0 saturated carbocycles. The molecule has 1 aromatic heterocycles. The number of aryl methyl sites for hydroxylation is 1. The van der Waals surface area contributed by atoms with Gasteiger partial charge in [0.15, 0.2) is 0 Å². The molecule has 126 valence electrons. The molecule has 5 heteroatoms.